The van der Waals surface area contributed by atoms with E-state index in [1.54, 1.807) is 6.26 Å². The van der Waals surface area contributed by atoms with Crippen molar-refractivity contribution in [2.24, 2.45) is 5.73 Å². The molecule has 2 N–H and O–H groups in total. The molecule has 38 valence electrons. The zero-order valence-corrected chi connectivity index (χ0v) is 4.83. The van der Waals surface area contributed by atoms with Crippen LogP contribution < -0.4 is 5.73 Å². The molecule has 0 bridgehead atoms. The standard InChI is InChI=1S/C2H5NO.CH4S/c1-2(3)4;1-2/h1H3,(H2,3,4);2H,1H3. The lowest BCUT2D eigenvalue weighted by Gasteiger charge is -1.60. The van der Waals surface area contributed by atoms with Gasteiger partial charge in [-0.25, -0.2) is 0 Å². The second kappa shape index (κ2) is 8.84. The van der Waals surface area contributed by atoms with Gasteiger partial charge in [-0.3, -0.25) is 4.79 Å². The number of carbonyl (C=O) groups excluding carboxylic acids is 1. The van der Waals surface area contributed by atoms with E-state index in [0.29, 0.717) is 0 Å². The molecule has 0 aromatic rings. The molecule has 0 saturated carbocycles. The number of amides is 1. The van der Waals surface area contributed by atoms with Gasteiger partial charge in [-0.1, -0.05) is 0 Å². The van der Waals surface area contributed by atoms with Gasteiger partial charge in [-0.15, -0.1) is 0 Å². The van der Waals surface area contributed by atoms with Gasteiger partial charge in [0.05, 0.1) is 0 Å². The van der Waals surface area contributed by atoms with Crippen molar-refractivity contribution in [2.45, 2.75) is 6.92 Å². The first-order valence-electron chi connectivity index (χ1n) is 1.44. The molecule has 0 unspecified atom stereocenters. The first-order chi connectivity index (χ1) is 2.73. The van der Waals surface area contributed by atoms with Gasteiger partial charge >= 0.3 is 0 Å². The van der Waals surface area contributed by atoms with Crippen LogP contribution in [-0.2, 0) is 4.79 Å². The van der Waals surface area contributed by atoms with Gasteiger partial charge in [-0.05, 0) is 6.26 Å². The highest BCUT2D eigenvalue weighted by Gasteiger charge is 1.61. The molecular weight excluding hydrogens is 98.1 g/mol. The highest BCUT2D eigenvalue weighted by atomic mass is 32.1. The predicted octanol–water partition coefficient (Wildman–Crippen LogP) is 0.0376. The Balaban J connectivity index is 0. The largest absolute Gasteiger partial charge is 0.370 e. The number of carbonyl (C=O) groups is 1. The van der Waals surface area contributed by atoms with Crippen molar-refractivity contribution in [3.8, 4) is 0 Å². The second-order valence-electron chi connectivity index (χ2n) is 0.611. The minimum absolute atomic E-state index is 0.333. The van der Waals surface area contributed by atoms with E-state index in [4.69, 9.17) is 0 Å². The first kappa shape index (κ1) is 9.27. The second-order valence-corrected chi connectivity index (χ2v) is 0.611. The zero-order chi connectivity index (χ0) is 5.58. The van der Waals surface area contributed by atoms with Crippen molar-refractivity contribution in [1.29, 1.82) is 0 Å². The third kappa shape index (κ3) is 938. The molecule has 0 aliphatic carbocycles. The van der Waals surface area contributed by atoms with E-state index < -0.39 is 0 Å². The lowest BCUT2D eigenvalue weighted by atomic mass is 10.8. The van der Waals surface area contributed by atoms with Gasteiger partial charge < -0.3 is 5.73 Å². The average Bonchev–Trinajstić information content (AvgIpc) is 1.41. The van der Waals surface area contributed by atoms with Crippen molar-refractivity contribution in [2.75, 3.05) is 6.26 Å². The predicted molar refractivity (Wildman–Crippen MR) is 29.8 cm³/mol. The molecule has 0 atom stereocenters. The van der Waals surface area contributed by atoms with Crippen LogP contribution in [0.3, 0.4) is 0 Å². The molecule has 0 radical (unpaired) electrons. The normalized spacial score (nSPS) is 5.17. The van der Waals surface area contributed by atoms with E-state index in [-0.39, 0.29) is 5.91 Å². The SMILES string of the molecule is CC(N)=O.CS. The average molecular weight is 107 g/mol. The van der Waals surface area contributed by atoms with Gasteiger partial charge in [0.1, 0.15) is 0 Å². The minimum Gasteiger partial charge on any atom is -0.370 e. The molecule has 0 saturated heterocycles. The number of thiol groups is 1. The van der Waals surface area contributed by atoms with E-state index in [0.717, 1.165) is 0 Å². The van der Waals surface area contributed by atoms with Crippen LogP contribution in [0, 0.1) is 0 Å². The Bertz CT molecular complexity index is 33.8. The van der Waals surface area contributed by atoms with Crippen molar-refractivity contribution in [1.82, 2.24) is 0 Å². The fourth-order valence-corrected chi connectivity index (χ4v) is 0. The van der Waals surface area contributed by atoms with E-state index >= 15 is 0 Å². The Kier molecular flexibility index (Phi) is 13.7. The maximum Gasteiger partial charge on any atom is 0.214 e. The van der Waals surface area contributed by atoms with Crippen molar-refractivity contribution in [3.63, 3.8) is 0 Å². The van der Waals surface area contributed by atoms with Crippen LogP contribution in [0.4, 0.5) is 0 Å². The van der Waals surface area contributed by atoms with E-state index in [1.165, 1.54) is 6.92 Å². The number of hydrogen-bond donors (Lipinski definition) is 2. The van der Waals surface area contributed by atoms with Gasteiger partial charge in [0.15, 0.2) is 0 Å². The van der Waals surface area contributed by atoms with E-state index in [2.05, 4.69) is 18.4 Å². The summed E-state index contributed by atoms with van der Waals surface area (Å²) in [6.45, 7) is 1.31. The summed E-state index contributed by atoms with van der Waals surface area (Å²) in [6, 6.07) is 0. The van der Waals surface area contributed by atoms with Crippen LogP contribution >= 0.6 is 12.6 Å². The summed E-state index contributed by atoms with van der Waals surface area (Å²) in [7, 11) is 0. The number of rotatable bonds is 0. The van der Waals surface area contributed by atoms with Gasteiger partial charge in [0, 0.05) is 6.92 Å². The molecule has 3 heteroatoms. The Morgan fingerprint density at radius 3 is 1.67 bits per heavy atom. The van der Waals surface area contributed by atoms with Gasteiger partial charge in [0.25, 0.3) is 0 Å². The number of primary amides is 1. The molecule has 0 fully saturated rings. The third-order valence-electron chi connectivity index (χ3n) is 0. The van der Waals surface area contributed by atoms with E-state index in [9.17, 15) is 4.79 Å². The lowest BCUT2D eigenvalue weighted by Crippen LogP contribution is -2.01. The molecule has 0 aromatic carbocycles. The monoisotopic (exact) mass is 107 g/mol. The fraction of sp³-hybridized carbons (Fsp3) is 0.667. The smallest absolute Gasteiger partial charge is 0.214 e. The molecule has 6 heavy (non-hydrogen) atoms. The Morgan fingerprint density at radius 2 is 1.67 bits per heavy atom. The minimum atomic E-state index is -0.333. The van der Waals surface area contributed by atoms with Gasteiger partial charge in [-0.2, -0.15) is 12.6 Å². The van der Waals surface area contributed by atoms with E-state index in [1.807, 2.05) is 0 Å². The molecule has 1 amide bonds. The molecule has 0 heterocycles. The third-order valence-corrected chi connectivity index (χ3v) is 0. The molecule has 0 rings (SSSR count). The summed E-state index contributed by atoms with van der Waals surface area (Å²) >= 11 is 3.53. The highest BCUT2D eigenvalue weighted by molar-refractivity contribution is 7.79. The maximum atomic E-state index is 9.22. The van der Waals surface area contributed by atoms with Crippen LogP contribution in [0.15, 0.2) is 0 Å². The van der Waals surface area contributed by atoms with Crippen LogP contribution in [0.2, 0.25) is 0 Å². The molecular formula is C3H9NOS. The maximum absolute atomic E-state index is 9.22. The number of nitrogens with two attached hydrogens (primary N) is 1. The first-order valence-corrected chi connectivity index (χ1v) is 2.33. The Morgan fingerprint density at radius 1 is 1.67 bits per heavy atom. The Hall–Kier alpha value is -0.180. The van der Waals surface area contributed by atoms with Crippen molar-refractivity contribution in [3.05, 3.63) is 0 Å². The van der Waals surface area contributed by atoms with Gasteiger partial charge in [0.2, 0.25) is 5.91 Å². The summed E-state index contributed by atoms with van der Waals surface area (Å²) < 4.78 is 0. The summed E-state index contributed by atoms with van der Waals surface area (Å²) in [5.74, 6) is -0.333. The lowest BCUT2D eigenvalue weighted by molar-refractivity contribution is -0.115. The summed E-state index contributed by atoms with van der Waals surface area (Å²) in [6.07, 6.45) is 1.69. The topological polar surface area (TPSA) is 43.1 Å². The van der Waals surface area contributed by atoms with Crippen LogP contribution in [0.5, 0.6) is 0 Å². The summed E-state index contributed by atoms with van der Waals surface area (Å²) in [4.78, 5) is 9.22. The summed E-state index contributed by atoms with van der Waals surface area (Å²) in [5, 5.41) is 0. The summed E-state index contributed by atoms with van der Waals surface area (Å²) in [5.41, 5.74) is 4.47. The highest BCUT2D eigenvalue weighted by Crippen LogP contribution is 1.33. The molecule has 0 aliphatic rings. The molecule has 0 aliphatic heterocycles. The van der Waals surface area contributed by atoms with Crippen LogP contribution in [0.1, 0.15) is 6.92 Å². The number of hydrogen-bond acceptors (Lipinski definition) is 2. The fourth-order valence-electron chi connectivity index (χ4n) is 0. The van der Waals surface area contributed by atoms with Crippen molar-refractivity contribution >= 4 is 18.5 Å². The molecule has 0 aromatic heterocycles. The van der Waals surface area contributed by atoms with Crippen LogP contribution in [-0.4, -0.2) is 12.2 Å². The molecule has 0 spiro atoms. The van der Waals surface area contributed by atoms with Crippen molar-refractivity contribution < 1.29 is 4.79 Å². The zero-order valence-electron chi connectivity index (χ0n) is 3.93. The molecule has 2 nitrogen and oxygen atoms in total. The van der Waals surface area contributed by atoms with Crippen LogP contribution in [0.25, 0.3) is 0 Å². The quantitative estimate of drug-likeness (QED) is 0.422. The Labute approximate surface area is 43.1 Å².